The average Bonchev–Trinajstić information content (AvgIpc) is 3.11. The predicted molar refractivity (Wildman–Crippen MR) is 81.2 cm³/mol. The summed E-state index contributed by atoms with van der Waals surface area (Å²) in [4.78, 5) is 22.6. The van der Waals surface area contributed by atoms with Crippen LogP contribution < -0.4 is 11.1 Å². The van der Waals surface area contributed by atoms with E-state index in [1.54, 1.807) is 4.57 Å². The fourth-order valence-electron chi connectivity index (χ4n) is 2.14. The van der Waals surface area contributed by atoms with E-state index in [1.165, 1.54) is 11.8 Å². The largest absolute Gasteiger partial charge is 0.376 e. The molecule has 1 atom stereocenters. The summed E-state index contributed by atoms with van der Waals surface area (Å²) in [5.74, 6) is 0.531. The van der Waals surface area contributed by atoms with Crippen molar-refractivity contribution in [2.45, 2.75) is 36.9 Å². The number of thioether (sulfide) groups is 1. The van der Waals surface area contributed by atoms with E-state index in [2.05, 4.69) is 15.5 Å². The molecule has 0 aromatic carbocycles. The molecule has 9 heteroatoms. The maximum Gasteiger partial charge on any atom is 0.230 e. The molecule has 1 saturated heterocycles. The van der Waals surface area contributed by atoms with Crippen molar-refractivity contribution in [1.29, 1.82) is 0 Å². The predicted octanol–water partition coefficient (Wildman–Crippen LogP) is -0.380. The van der Waals surface area contributed by atoms with Gasteiger partial charge in [0.15, 0.2) is 5.16 Å². The van der Waals surface area contributed by atoms with Crippen LogP contribution in [0.2, 0.25) is 0 Å². The van der Waals surface area contributed by atoms with Gasteiger partial charge in [-0.25, -0.2) is 0 Å². The Morgan fingerprint density at radius 1 is 1.50 bits per heavy atom. The third kappa shape index (κ3) is 4.99. The normalized spacial score (nSPS) is 17.6. The van der Waals surface area contributed by atoms with Gasteiger partial charge in [0.05, 0.1) is 11.9 Å². The maximum absolute atomic E-state index is 11.8. The highest BCUT2D eigenvalue weighted by atomic mass is 32.2. The molecule has 22 heavy (non-hydrogen) atoms. The molecule has 2 amide bonds. The van der Waals surface area contributed by atoms with Crippen LogP contribution in [-0.2, 0) is 27.8 Å². The molecule has 0 bridgehead atoms. The van der Waals surface area contributed by atoms with Gasteiger partial charge in [0.2, 0.25) is 11.8 Å². The Morgan fingerprint density at radius 2 is 2.32 bits per heavy atom. The topological polar surface area (TPSA) is 112 Å². The molecule has 8 nitrogen and oxygen atoms in total. The Hall–Kier alpha value is -1.61. The van der Waals surface area contributed by atoms with E-state index in [0.29, 0.717) is 23.9 Å². The quantitative estimate of drug-likeness (QED) is 0.630. The lowest BCUT2D eigenvalue weighted by Crippen LogP contribution is -2.32. The first-order valence-corrected chi connectivity index (χ1v) is 8.22. The monoisotopic (exact) mass is 327 g/mol. The molecule has 122 valence electrons. The Morgan fingerprint density at radius 3 is 3.00 bits per heavy atom. The number of hydrogen-bond donors (Lipinski definition) is 2. The molecule has 0 unspecified atom stereocenters. The van der Waals surface area contributed by atoms with E-state index in [1.807, 2.05) is 7.05 Å². The molecule has 0 radical (unpaired) electrons. The van der Waals surface area contributed by atoms with E-state index in [4.69, 9.17) is 10.5 Å². The van der Waals surface area contributed by atoms with E-state index < -0.39 is 0 Å². The molecule has 0 spiro atoms. The van der Waals surface area contributed by atoms with Crippen molar-refractivity contribution in [3.63, 3.8) is 0 Å². The standard InChI is InChI=1S/C13H21N5O3S/c1-18-11(5-4-10(14)19)16-17-13(18)22-8-12(20)15-7-9-3-2-6-21-9/h9H,2-8H2,1H3,(H2,14,19)(H,15,20)/t9-/m0/s1. The van der Waals surface area contributed by atoms with Crippen LogP contribution in [0.25, 0.3) is 0 Å². The summed E-state index contributed by atoms with van der Waals surface area (Å²) in [6.45, 7) is 1.34. The second kappa shape index (κ2) is 8.14. The highest BCUT2D eigenvalue weighted by molar-refractivity contribution is 7.99. The summed E-state index contributed by atoms with van der Waals surface area (Å²) >= 11 is 1.31. The van der Waals surface area contributed by atoms with Crippen LogP contribution >= 0.6 is 11.8 Å². The summed E-state index contributed by atoms with van der Waals surface area (Å²) in [5.41, 5.74) is 5.12. The zero-order valence-electron chi connectivity index (χ0n) is 12.6. The molecule has 0 saturated carbocycles. The molecule has 1 aliphatic rings. The number of ether oxygens (including phenoxy) is 1. The molecule has 2 rings (SSSR count). The number of rotatable bonds is 8. The highest BCUT2D eigenvalue weighted by Gasteiger charge is 2.17. The van der Waals surface area contributed by atoms with Crippen molar-refractivity contribution in [2.24, 2.45) is 12.8 Å². The van der Waals surface area contributed by atoms with Gasteiger partial charge in [-0.3, -0.25) is 9.59 Å². The molecule has 2 heterocycles. The van der Waals surface area contributed by atoms with Crippen LogP contribution in [0, 0.1) is 0 Å². The lowest BCUT2D eigenvalue weighted by atomic mass is 10.2. The number of nitrogens with two attached hydrogens (primary N) is 1. The third-order valence-corrected chi connectivity index (χ3v) is 4.42. The number of amides is 2. The van der Waals surface area contributed by atoms with E-state index >= 15 is 0 Å². The molecule has 0 aliphatic carbocycles. The van der Waals surface area contributed by atoms with Crippen molar-refractivity contribution in [2.75, 3.05) is 18.9 Å². The average molecular weight is 327 g/mol. The lowest BCUT2D eigenvalue weighted by molar-refractivity contribution is -0.119. The summed E-state index contributed by atoms with van der Waals surface area (Å²) in [7, 11) is 1.81. The van der Waals surface area contributed by atoms with Gasteiger partial charge in [-0.05, 0) is 12.8 Å². The second-order valence-electron chi connectivity index (χ2n) is 5.15. The Bertz CT molecular complexity index is 528. The SMILES string of the molecule is Cn1c(CCC(N)=O)nnc1SCC(=O)NC[C@@H]1CCCO1. The number of carbonyl (C=O) groups excluding carboxylic acids is 2. The Labute approximate surface area is 133 Å². The van der Waals surface area contributed by atoms with Crippen LogP contribution in [0.5, 0.6) is 0 Å². The number of nitrogens with one attached hydrogen (secondary N) is 1. The van der Waals surface area contributed by atoms with Gasteiger partial charge in [0, 0.05) is 33.0 Å². The molecule has 1 aromatic rings. The number of aryl methyl sites for hydroxylation is 1. The van der Waals surface area contributed by atoms with Crippen LogP contribution in [0.3, 0.4) is 0 Å². The van der Waals surface area contributed by atoms with Gasteiger partial charge in [0.1, 0.15) is 5.82 Å². The molecule has 1 aliphatic heterocycles. The van der Waals surface area contributed by atoms with Gasteiger partial charge >= 0.3 is 0 Å². The van der Waals surface area contributed by atoms with Gasteiger partial charge in [-0.2, -0.15) is 0 Å². The number of hydrogen-bond acceptors (Lipinski definition) is 6. The first-order chi connectivity index (χ1) is 10.6. The van der Waals surface area contributed by atoms with Crippen molar-refractivity contribution < 1.29 is 14.3 Å². The van der Waals surface area contributed by atoms with Crippen LogP contribution in [0.4, 0.5) is 0 Å². The van der Waals surface area contributed by atoms with Crippen LogP contribution in [0.15, 0.2) is 5.16 Å². The fraction of sp³-hybridized carbons (Fsp3) is 0.692. The van der Waals surface area contributed by atoms with Crippen LogP contribution in [0.1, 0.15) is 25.1 Å². The van der Waals surface area contributed by atoms with Gasteiger partial charge in [0.25, 0.3) is 0 Å². The Kier molecular flexibility index (Phi) is 6.20. The van der Waals surface area contributed by atoms with E-state index in [-0.39, 0.29) is 30.1 Å². The molecular formula is C13H21N5O3S. The van der Waals surface area contributed by atoms with Gasteiger partial charge in [-0.1, -0.05) is 11.8 Å². The molecule has 1 fully saturated rings. The first-order valence-electron chi connectivity index (χ1n) is 7.24. The summed E-state index contributed by atoms with van der Waals surface area (Å²) in [5, 5.41) is 11.5. The first kappa shape index (κ1) is 16.8. The van der Waals surface area contributed by atoms with Gasteiger partial charge in [-0.15, -0.1) is 10.2 Å². The van der Waals surface area contributed by atoms with E-state index in [0.717, 1.165) is 19.4 Å². The smallest absolute Gasteiger partial charge is 0.230 e. The minimum Gasteiger partial charge on any atom is -0.376 e. The van der Waals surface area contributed by atoms with Crippen molar-refractivity contribution in [3.05, 3.63) is 5.82 Å². The minimum absolute atomic E-state index is 0.0535. The molecule has 1 aromatic heterocycles. The number of primary amides is 1. The Balaban J connectivity index is 1.73. The molecule has 3 N–H and O–H groups in total. The van der Waals surface area contributed by atoms with E-state index in [9.17, 15) is 9.59 Å². The van der Waals surface area contributed by atoms with Crippen molar-refractivity contribution >= 4 is 23.6 Å². The number of nitrogens with zero attached hydrogens (tertiary/aromatic N) is 3. The summed E-state index contributed by atoms with van der Waals surface area (Å²) < 4.78 is 7.23. The van der Waals surface area contributed by atoms with Crippen LogP contribution in [-0.4, -0.2) is 51.6 Å². The lowest BCUT2D eigenvalue weighted by Gasteiger charge is -2.10. The fourth-order valence-corrected chi connectivity index (χ4v) is 2.90. The minimum atomic E-state index is -0.370. The zero-order valence-corrected chi connectivity index (χ0v) is 13.4. The number of aromatic nitrogens is 3. The maximum atomic E-state index is 11.8. The third-order valence-electron chi connectivity index (χ3n) is 3.40. The van der Waals surface area contributed by atoms with Gasteiger partial charge < -0.3 is 20.4 Å². The second-order valence-corrected chi connectivity index (χ2v) is 6.09. The molecular weight excluding hydrogens is 306 g/mol. The van der Waals surface area contributed by atoms with Crippen molar-refractivity contribution in [3.8, 4) is 0 Å². The highest BCUT2D eigenvalue weighted by Crippen LogP contribution is 2.16. The zero-order chi connectivity index (χ0) is 15.9. The summed E-state index contributed by atoms with van der Waals surface area (Å²) in [6, 6.07) is 0. The number of carbonyl (C=O) groups is 2. The summed E-state index contributed by atoms with van der Waals surface area (Å²) in [6.07, 6.45) is 2.88. The van der Waals surface area contributed by atoms with Crippen molar-refractivity contribution in [1.82, 2.24) is 20.1 Å².